The van der Waals surface area contributed by atoms with E-state index in [9.17, 15) is 21.6 Å². The number of rotatable bonds is 4. The number of sulfonamides is 1. The third kappa shape index (κ3) is 4.92. The van der Waals surface area contributed by atoms with Gasteiger partial charge in [-0.15, -0.1) is 13.2 Å². The minimum Gasteiger partial charge on any atom is -0.404 e. The summed E-state index contributed by atoms with van der Waals surface area (Å²) < 4.78 is 66.6. The second-order valence-electron chi connectivity index (χ2n) is 4.26. The van der Waals surface area contributed by atoms with Gasteiger partial charge in [0.05, 0.1) is 15.6 Å². The summed E-state index contributed by atoms with van der Waals surface area (Å²) in [5.74, 6) is -0.634. The van der Waals surface area contributed by atoms with Crippen LogP contribution in [0.1, 0.15) is 0 Å². The lowest BCUT2D eigenvalue weighted by molar-refractivity contribution is -0.274. The van der Waals surface area contributed by atoms with E-state index >= 15 is 0 Å². The first-order chi connectivity index (χ1) is 10.6. The van der Waals surface area contributed by atoms with Gasteiger partial charge in [0.15, 0.2) is 0 Å². The molecule has 10 heteroatoms. The van der Waals surface area contributed by atoms with Crippen molar-refractivity contribution >= 4 is 38.9 Å². The number of benzene rings is 2. The average Bonchev–Trinajstić information content (AvgIpc) is 2.40. The first kappa shape index (κ1) is 17.7. The molecule has 0 aromatic heterocycles. The van der Waals surface area contributed by atoms with Crippen LogP contribution in [0, 0.1) is 0 Å². The Kier molecular flexibility index (Phi) is 4.98. The molecular weight excluding hydrogens is 378 g/mol. The van der Waals surface area contributed by atoms with Crippen LogP contribution in [-0.4, -0.2) is 14.8 Å². The van der Waals surface area contributed by atoms with Gasteiger partial charge in [-0.25, -0.2) is 8.42 Å². The van der Waals surface area contributed by atoms with E-state index in [0.717, 1.165) is 18.2 Å². The van der Waals surface area contributed by atoms with Gasteiger partial charge in [-0.2, -0.15) is 0 Å². The molecule has 0 radical (unpaired) electrons. The first-order valence-corrected chi connectivity index (χ1v) is 8.14. The van der Waals surface area contributed by atoms with Gasteiger partial charge < -0.3 is 4.74 Å². The molecule has 0 atom stereocenters. The van der Waals surface area contributed by atoms with E-state index in [2.05, 4.69) is 9.46 Å². The predicted molar refractivity (Wildman–Crippen MR) is 80.4 cm³/mol. The standard InChI is InChI=1S/C13H8Cl2F3NO3S/c14-8-2-1-3-10(6-8)23(20,21)19-9-4-5-12(11(15)7-9)22-13(16,17)18/h1-7,19H. The maximum Gasteiger partial charge on any atom is 0.573 e. The quantitative estimate of drug-likeness (QED) is 0.830. The maximum atomic E-state index is 12.2. The van der Waals surface area contributed by atoms with E-state index in [1.165, 1.54) is 24.3 Å². The number of alkyl halides is 3. The zero-order chi connectivity index (χ0) is 17.3. The molecule has 1 N–H and O–H groups in total. The summed E-state index contributed by atoms with van der Waals surface area (Å²) >= 11 is 11.4. The lowest BCUT2D eigenvalue weighted by Crippen LogP contribution is -2.17. The Bertz CT molecular complexity index is 825. The van der Waals surface area contributed by atoms with Crippen LogP contribution in [0.3, 0.4) is 0 Å². The molecule has 0 amide bonds. The summed E-state index contributed by atoms with van der Waals surface area (Å²) in [6.45, 7) is 0. The van der Waals surface area contributed by atoms with Gasteiger partial charge in [-0.05, 0) is 36.4 Å². The summed E-state index contributed by atoms with van der Waals surface area (Å²) in [6, 6.07) is 8.50. The van der Waals surface area contributed by atoms with Crippen LogP contribution in [0.4, 0.5) is 18.9 Å². The summed E-state index contributed by atoms with van der Waals surface area (Å²) in [4.78, 5) is -0.100. The highest BCUT2D eigenvalue weighted by Crippen LogP contribution is 2.32. The van der Waals surface area contributed by atoms with Crippen LogP contribution < -0.4 is 9.46 Å². The molecule has 0 bridgehead atoms. The minimum atomic E-state index is -4.90. The lowest BCUT2D eigenvalue weighted by atomic mass is 10.3. The summed E-state index contributed by atoms with van der Waals surface area (Å²) in [5, 5.41) is -0.173. The normalized spacial score (nSPS) is 12.0. The van der Waals surface area contributed by atoms with E-state index in [0.29, 0.717) is 0 Å². The zero-order valence-corrected chi connectivity index (χ0v) is 13.4. The summed E-state index contributed by atoms with van der Waals surface area (Å²) in [5.41, 5.74) is -0.0236. The fourth-order valence-corrected chi connectivity index (χ4v) is 3.19. The fourth-order valence-electron chi connectivity index (χ4n) is 1.62. The molecule has 2 aromatic rings. The van der Waals surface area contributed by atoms with Gasteiger partial charge in [-0.3, -0.25) is 4.72 Å². The van der Waals surface area contributed by atoms with Gasteiger partial charge in [-0.1, -0.05) is 29.3 Å². The first-order valence-electron chi connectivity index (χ1n) is 5.90. The van der Waals surface area contributed by atoms with Crippen molar-refractivity contribution in [3.8, 4) is 5.75 Å². The molecule has 2 rings (SSSR count). The van der Waals surface area contributed by atoms with Crippen molar-refractivity contribution in [2.45, 2.75) is 11.3 Å². The highest BCUT2D eigenvalue weighted by Gasteiger charge is 2.32. The third-order valence-electron chi connectivity index (χ3n) is 2.52. The van der Waals surface area contributed by atoms with E-state index in [1.807, 2.05) is 0 Å². The number of ether oxygens (including phenoxy) is 1. The van der Waals surface area contributed by atoms with Crippen LogP contribution in [0.15, 0.2) is 47.4 Å². The van der Waals surface area contributed by atoms with E-state index in [4.69, 9.17) is 23.2 Å². The number of hydrogen-bond donors (Lipinski definition) is 1. The Balaban J connectivity index is 2.25. The minimum absolute atomic E-state index is 0.0236. The van der Waals surface area contributed by atoms with Crippen LogP contribution in [0.25, 0.3) is 0 Å². The predicted octanol–water partition coefficient (Wildman–Crippen LogP) is 4.69. The van der Waals surface area contributed by atoms with Crippen LogP contribution in [-0.2, 0) is 10.0 Å². The molecule has 2 aromatic carbocycles. The van der Waals surface area contributed by atoms with E-state index < -0.39 is 27.2 Å². The van der Waals surface area contributed by atoms with Gasteiger partial charge in [0.25, 0.3) is 10.0 Å². The molecule has 0 unspecified atom stereocenters. The van der Waals surface area contributed by atoms with Crippen molar-refractivity contribution in [2.75, 3.05) is 4.72 Å². The average molecular weight is 386 g/mol. The molecule has 0 aliphatic heterocycles. The SMILES string of the molecule is O=S(=O)(Nc1ccc(OC(F)(F)F)c(Cl)c1)c1cccc(Cl)c1. The van der Waals surface area contributed by atoms with Gasteiger partial charge in [0.1, 0.15) is 5.75 Å². The number of anilines is 1. The molecule has 0 fully saturated rings. The third-order valence-corrected chi connectivity index (χ3v) is 4.43. The van der Waals surface area contributed by atoms with Crippen molar-refractivity contribution in [3.05, 3.63) is 52.5 Å². The van der Waals surface area contributed by atoms with Crippen LogP contribution >= 0.6 is 23.2 Å². The Morgan fingerprint density at radius 1 is 1.04 bits per heavy atom. The van der Waals surface area contributed by atoms with Gasteiger partial charge in [0.2, 0.25) is 0 Å². The number of hydrogen-bond acceptors (Lipinski definition) is 3. The molecule has 0 saturated carbocycles. The Labute approximate surface area is 139 Å². The monoisotopic (exact) mass is 385 g/mol. The zero-order valence-electron chi connectivity index (χ0n) is 11.1. The Morgan fingerprint density at radius 2 is 1.74 bits per heavy atom. The van der Waals surface area contributed by atoms with Crippen molar-refractivity contribution in [1.82, 2.24) is 0 Å². The van der Waals surface area contributed by atoms with Crippen LogP contribution in [0.5, 0.6) is 5.75 Å². The largest absolute Gasteiger partial charge is 0.573 e. The van der Waals surface area contributed by atoms with Crippen molar-refractivity contribution in [2.24, 2.45) is 0 Å². The van der Waals surface area contributed by atoms with E-state index in [-0.39, 0.29) is 15.6 Å². The molecule has 0 spiro atoms. The molecule has 0 saturated heterocycles. The van der Waals surface area contributed by atoms with Crippen molar-refractivity contribution in [1.29, 1.82) is 0 Å². The Hall–Kier alpha value is -1.64. The smallest absolute Gasteiger partial charge is 0.404 e. The maximum absolute atomic E-state index is 12.2. The number of halogens is 5. The highest BCUT2D eigenvalue weighted by molar-refractivity contribution is 7.92. The topological polar surface area (TPSA) is 55.4 Å². The van der Waals surface area contributed by atoms with Crippen molar-refractivity contribution < 1.29 is 26.3 Å². The lowest BCUT2D eigenvalue weighted by Gasteiger charge is -2.12. The summed E-state index contributed by atoms with van der Waals surface area (Å²) in [7, 11) is -3.96. The highest BCUT2D eigenvalue weighted by atomic mass is 35.5. The summed E-state index contributed by atoms with van der Waals surface area (Å²) in [6.07, 6.45) is -4.90. The van der Waals surface area contributed by atoms with Crippen molar-refractivity contribution in [3.63, 3.8) is 0 Å². The fraction of sp³-hybridized carbons (Fsp3) is 0.0769. The molecule has 4 nitrogen and oxygen atoms in total. The number of nitrogens with one attached hydrogen (secondary N) is 1. The Morgan fingerprint density at radius 3 is 2.30 bits per heavy atom. The second-order valence-corrected chi connectivity index (χ2v) is 6.78. The van der Waals surface area contributed by atoms with E-state index in [1.54, 1.807) is 0 Å². The van der Waals surface area contributed by atoms with Gasteiger partial charge in [0, 0.05) is 5.02 Å². The van der Waals surface area contributed by atoms with Crippen LogP contribution in [0.2, 0.25) is 10.0 Å². The molecule has 0 heterocycles. The van der Waals surface area contributed by atoms with Gasteiger partial charge >= 0.3 is 6.36 Å². The molecule has 0 aliphatic carbocycles. The molecule has 124 valence electrons. The second kappa shape index (κ2) is 6.46. The molecule has 0 aliphatic rings. The molecular formula is C13H8Cl2F3NO3S. The molecule has 23 heavy (non-hydrogen) atoms.